The van der Waals surface area contributed by atoms with E-state index in [4.69, 9.17) is 4.74 Å². The van der Waals surface area contributed by atoms with Crippen LogP contribution in [-0.2, 0) is 16.1 Å². The fraction of sp³-hybridized carbons (Fsp3) is 0.500. The third-order valence-electron chi connectivity index (χ3n) is 2.45. The Morgan fingerprint density at radius 1 is 1.33 bits per heavy atom. The van der Waals surface area contributed by atoms with Gasteiger partial charge in [0.25, 0.3) is 0 Å². The minimum atomic E-state index is -0.412. The molecule has 4 heteroatoms. The lowest BCUT2D eigenvalue weighted by atomic mass is 10.1. The molecule has 0 heterocycles. The summed E-state index contributed by atoms with van der Waals surface area (Å²) in [5.74, 6) is -0.154. The maximum atomic E-state index is 11.5. The third-order valence-corrected chi connectivity index (χ3v) is 2.45. The molecule has 0 aliphatic heterocycles. The summed E-state index contributed by atoms with van der Waals surface area (Å²) in [6, 6.07) is 9.67. The summed E-state index contributed by atoms with van der Waals surface area (Å²) in [6.45, 7) is 4.04. The monoisotopic (exact) mass is 251 g/mol. The van der Waals surface area contributed by atoms with Crippen LogP contribution in [-0.4, -0.2) is 29.8 Å². The Morgan fingerprint density at radius 2 is 2.00 bits per heavy atom. The number of carbonyl (C=O) groups excluding carboxylic acids is 1. The van der Waals surface area contributed by atoms with E-state index in [1.165, 1.54) is 0 Å². The molecule has 2 unspecified atom stereocenters. The Labute approximate surface area is 108 Å². The minimum Gasteiger partial charge on any atom is -0.393 e. The number of amides is 1. The van der Waals surface area contributed by atoms with Gasteiger partial charge in [-0.1, -0.05) is 30.3 Å². The molecule has 1 aromatic rings. The molecule has 0 aromatic heterocycles. The third kappa shape index (κ3) is 6.37. The van der Waals surface area contributed by atoms with Crippen LogP contribution in [0.25, 0.3) is 0 Å². The first-order valence-corrected chi connectivity index (χ1v) is 6.17. The van der Waals surface area contributed by atoms with E-state index in [0.29, 0.717) is 13.0 Å². The zero-order chi connectivity index (χ0) is 13.4. The van der Waals surface area contributed by atoms with Crippen LogP contribution >= 0.6 is 0 Å². The lowest BCUT2D eigenvalue weighted by Crippen LogP contribution is -2.36. The largest absolute Gasteiger partial charge is 0.393 e. The van der Waals surface area contributed by atoms with Crippen LogP contribution in [0.15, 0.2) is 30.3 Å². The van der Waals surface area contributed by atoms with Gasteiger partial charge in [-0.25, -0.2) is 0 Å². The normalized spacial score (nSPS) is 13.9. The molecule has 0 saturated carbocycles. The molecular weight excluding hydrogens is 230 g/mol. The molecule has 18 heavy (non-hydrogen) atoms. The number of hydrogen-bond acceptors (Lipinski definition) is 3. The van der Waals surface area contributed by atoms with Gasteiger partial charge in [0.2, 0.25) is 5.91 Å². The Balaban J connectivity index is 2.17. The van der Waals surface area contributed by atoms with Gasteiger partial charge in [0, 0.05) is 6.04 Å². The standard InChI is InChI=1S/C14H21NO3/c1-11(8-12(2)16)15-14(17)10-18-9-13-6-4-3-5-7-13/h3-7,11-12,16H,8-10H2,1-2H3,(H,15,17). The summed E-state index contributed by atoms with van der Waals surface area (Å²) in [7, 11) is 0. The first-order chi connectivity index (χ1) is 8.58. The van der Waals surface area contributed by atoms with E-state index in [-0.39, 0.29) is 18.6 Å². The zero-order valence-electron chi connectivity index (χ0n) is 10.9. The Kier molecular flexibility index (Phi) is 6.39. The number of ether oxygens (including phenoxy) is 1. The van der Waals surface area contributed by atoms with Crippen LogP contribution in [0.1, 0.15) is 25.8 Å². The topological polar surface area (TPSA) is 58.6 Å². The maximum Gasteiger partial charge on any atom is 0.246 e. The Hall–Kier alpha value is -1.39. The molecule has 0 aliphatic carbocycles. The molecular formula is C14H21NO3. The Bertz CT molecular complexity index is 351. The van der Waals surface area contributed by atoms with Crippen molar-refractivity contribution in [3.05, 3.63) is 35.9 Å². The fourth-order valence-electron chi connectivity index (χ4n) is 1.72. The first-order valence-electron chi connectivity index (χ1n) is 6.17. The van der Waals surface area contributed by atoms with Gasteiger partial charge in [-0.2, -0.15) is 0 Å². The number of rotatable bonds is 7. The number of benzene rings is 1. The van der Waals surface area contributed by atoms with Crippen molar-refractivity contribution in [1.29, 1.82) is 0 Å². The number of aliphatic hydroxyl groups is 1. The van der Waals surface area contributed by atoms with Crippen molar-refractivity contribution in [2.24, 2.45) is 0 Å². The average Bonchev–Trinajstić information content (AvgIpc) is 2.29. The van der Waals surface area contributed by atoms with Crippen molar-refractivity contribution < 1.29 is 14.6 Å². The molecule has 1 aromatic carbocycles. The van der Waals surface area contributed by atoms with Crippen molar-refractivity contribution in [3.63, 3.8) is 0 Å². The zero-order valence-corrected chi connectivity index (χ0v) is 10.9. The fourth-order valence-corrected chi connectivity index (χ4v) is 1.72. The van der Waals surface area contributed by atoms with Crippen molar-refractivity contribution in [2.45, 2.75) is 39.0 Å². The second-order valence-electron chi connectivity index (χ2n) is 4.53. The smallest absolute Gasteiger partial charge is 0.246 e. The van der Waals surface area contributed by atoms with Crippen molar-refractivity contribution in [3.8, 4) is 0 Å². The van der Waals surface area contributed by atoms with E-state index in [9.17, 15) is 9.90 Å². The first kappa shape index (κ1) is 14.7. The Morgan fingerprint density at radius 3 is 2.61 bits per heavy atom. The summed E-state index contributed by atoms with van der Waals surface area (Å²) in [5, 5.41) is 12.0. The number of carbonyl (C=O) groups is 1. The molecule has 1 amide bonds. The van der Waals surface area contributed by atoms with Crippen molar-refractivity contribution in [2.75, 3.05) is 6.61 Å². The SMILES string of the molecule is CC(O)CC(C)NC(=O)COCc1ccccc1. The van der Waals surface area contributed by atoms with E-state index in [2.05, 4.69) is 5.32 Å². The van der Waals surface area contributed by atoms with Gasteiger partial charge in [0.05, 0.1) is 12.7 Å². The number of hydrogen-bond donors (Lipinski definition) is 2. The van der Waals surface area contributed by atoms with Crippen LogP contribution in [0.2, 0.25) is 0 Å². The van der Waals surface area contributed by atoms with E-state index in [0.717, 1.165) is 5.56 Å². The van der Waals surface area contributed by atoms with Crippen LogP contribution < -0.4 is 5.32 Å². The van der Waals surface area contributed by atoms with E-state index in [1.807, 2.05) is 37.3 Å². The highest BCUT2D eigenvalue weighted by Crippen LogP contribution is 2.00. The van der Waals surface area contributed by atoms with Crippen LogP contribution in [0.4, 0.5) is 0 Å². The molecule has 0 saturated heterocycles. The van der Waals surface area contributed by atoms with Crippen LogP contribution in [0, 0.1) is 0 Å². The summed E-state index contributed by atoms with van der Waals surface area (Å²) in [6.07, 6.45) is 0.135. The van der Waals surface area contributed by atoms with Gasteiger partial charge < -0.3 is 15.2 Å². The summed E-state index contributed by atoms with van der Waals surface area (Å²) < 4.78 is 5.31. The highest BCUT2D eigenvalue weighted by molar-refractivity contribution is 5.77. The van der Waals surface area contributed by atoms with E-state index >= 15 is 0 Å². The quantitative estimate of drug-likeness (QED) is 0.771. The highest BCUT2D eigenvalue weighted by atomic mass is 16.5. The van der Waals surface area contributed by atoms with Gasteiger partial charge in [-0.3, -0.25) is 4.79 Å². The molecule has 0 fully saturated rings. The highest BCUT2D eigenvalue weighted by Gasteiger charge is 2.09. The molecule has 4 nitrogen and oxygen atoms in total. The second-order valence-corrected chi connectivity index (χ2v) is 4.53. The van der Waals surface area contributed by atoms with Gasteiger partial charge in [-0.15, -0.1) is 0 Å². The van der Waals surface area contributed by atoms with E-state index in [1.54, 1.807) is 6.92 Å². The predicted molar refractivity (Wildman–Crippen MR) is 70.0 cm³/mol. The molecule has 0 radical (unpaired) electrons. The molecule has 2 atom stereocenters. The minimum absolute atomic E-state index is 0.0407. The molecule has 0 spiro atoms. The van der Waals surface area contributed by atoms with E-state index < -0.39 is 6.10 Å². The van der Waals surface area contributed by atoms with Gasteiger partial charge in [-0.05, 0) is 25.8 Å². The molecule has 0 bridgehead atoms. The average molecular weight is 251 g/mol. The van der Waals surface area contributed by atoms with Crippen molar-refractivity contribution in [1.82, 2.24) is 5.32 Å². The molecule has 2 N–H and O–H groups in total. The number of aliphatic hydroxyl groups excluding tert-OH is 1. The van der Waals surface area contributed by atoms with Crippen LogP contribution in [0.3, 0.4) is 0 Å². The number of nitrogens with one attached hydrogen (secondary N) is 1. The summed E-state index contributed by atoms with van der Waals surface area (Å²) >= 11 is 0. The summed E-state index contributed by atoms with van der Waals surface area (Å²) in [5.41, 5.74) is 1.04. The van der Waals surface area contributed by atoms with Crippen LogP contribution in [0.5, 0.6) is 0 Å². The molecule has 1 rings (SSSR count). The molecule has 0 aliphatic rings. The maximum absolute atomic E-state index is 11.5. The van der Waals surface area contributed by atoms with Gasteiger partial charge in [0.15, 0.2) is 0 Å². The van der Waals surface area contributed by atoms with Gasteiger partial charge in [0.1, 0.15) is 6.61 Å². The van der Waals surface area contributed by atoms with Gasteiger partial charge >= 0.3 is 0 Å². The summed E-state index contributed by atoms with van der Waals surface area (Å²) in [4.78, 5) is 11.5. The molecule has 100 valence electrons. The predicted octanol–water partition coefficient (Wildman–Crippen LogP) is 1.48. The lowest BCUT2D eigenvalue weighted by Gasteiger charge is -2.15. The lowest BCUT2D eigenvalue weighted by molar-refractivity contribution is -0.126. The second kappa shape index (κ2) is 7.84. The van der Waals surface area contributed by atoms with Crippen molar-refractivity contribution >= 4 is 5.91 Å².